The first-order valence-electron chi connectivity index (χ1n) is 9.99. The molecule has 28 heavy (non-hydrogen) atoms. The van der Waals surface area contributed by atoms with E-state index in [1.54, 1.807) is 7.11 Å². The number of hydrogen-bond acceptors (Lipinski definition) is 4. The Morgan fingerprint density at radius 1 is 0.964 bits per heavy atom. The highest BCUT2D eigenvalue weighted by molar-refractivity contribution is 5.93. The molecule has 1 heterocycles. The maximum Gasteiger partial charge on any atom is 0.238 e. The van der Waals surface area contributed by atoms with Gasteiger partial charge < -0.3 is 15.0 Å². The molecule has 1 saturated heterocycles. The van der Waals surface area contributed by atoms with E-state index in [0.717, 1.165) is 61.7 Å². The molecule has 2 aromatic carbocycles. The largest absolute Gasteiger partial charge is 0.497 e. The van der Waals surface area contributed by atoms with E-state index in [4.69, 9.17) is 4.74 Å². The summed E-state index contributed by atoms with van der Waals surface area (Å²) < 4.78 is 5.21. The molecule has 0 radical (unpaired) electrons. The zero-order chi connectivity index (χ0) is 19.9. The number of aryl methyl sites for hydroxylation is 2. The van der Waals surface area contributed by atoms with Gasteiger partial charge in [-0.2, -0.15) is 0 Å². The number of anilines is 1. The molecule has 5 heteroatoms. The van der Waals surface area contributed by atoms with Crippen molar-refractivity contribution in [2.24, 2.45) is 0 Å². The third kappa shape index (κ3) is 5.57. The zero-order valence-corrected chi connectivity index (χ0v) is 17.2. The van der Waals surface area contributed by atoms with Crippen LogP contribution in [0.25, 0.3) is 0 Å². The number of methoxy groups -OCH3 is 1. The number of carbonyl (C=O) groups excluding carboxylic acids is 1. The number of hydrogen-bond donors (Lipinski definition) is 1. The second-order valence-corrected chi connectivity index (χ2v) is 7.53. The van der Waals surface area contributed by atoms with Gasteiger partial charge in [-0.25, -0.2) is 0 Å². The van der Waals surface area contributed by atoms with Crippen molar-refractivity contribution >= 4 is 11.6 Å². The molecule has 0 aliphatic carbocycles. The minimum absolute atomic E-state index is 0.0732. The molecule has 0 bridgehead atoms. The lowest BCUT2D eigenvalue weighted by Gasteiger charge is -2.34. The van der Waals surface area contributed by atoms with Crippen LogP contribution in [0.5, 0.6) is 5.75 Å². The Bertz CT molecular complexity index is 761. The summed E-state index contributed by atoms with van der Waals surface area (Å²) in [6, 6.07) is 14.4. The molecule has 3 rings (SSSR count). The van der Waals surface area contributed by atoms with E-state index in [9.17, 15) is 4.79 Å². The van der Waals surface area contributed by atoms with Crippen LogP contribution < -0.4 is 10.1 Å². The average molecular weight is 382 g/mol. The third-order valence-electron chi connectivity index (χ3n) is 5.45. The fraction of sp³-hybridized carbons (Fsp3) is 0.435. The quantitative estimate of drug-likeness (QED) is 0.800. The Hall–Kier alpha value is -2.37. The van der Waals surface area contributed by atoms with Crippen LogP contribution in [0.3, 0.4) is 0 Å². The molecular formula is C23H31N3O2. The first kappa shape index (κ1) is 20.4. The van der Waals surface area contributed by atoms with Crippen LogP contribution in [-0.4, -0.2) is 62.1 Å². The molecule has 1 fully saturated rings. The summed E-state index contributed by atoms with van der Waals surface area (Å²) in [6.45, 7) is 9.45. The highest BCUT2D eigenvalue weighted by atomic mass is 16.5. The number of amides is 1. The molecule has 5 nitrogen and oxygen atoms in total. The minimum atomic E-state index is 0.0732. The predicted octanol–water partition coefficient (Wildman–Crippen LogP) is 3.11. The van der Waals surface area contributed by atoms with Crippen LogP contribution in [0, 0.1) is 13.8 Å². The van der Waals surface area contributed by atoms with Crippen molar-refractivity contribution in [2.45, 2.75) is 20.3 Å². The molecule has 1 N–H and O–H groups in total. The lowest BCUT2D eigenvalue weighted by Crippen LogP contribution is -2.49. The predicted molar refractivity (Wildman–Crippen MR) is 114 cm³/mol. The molecule has 0 aromatic heterocycles. The van der Waals surface area contributed by atoms with Crippen LogP contribution in [-0.2, 0) is 11.2 Å². The van der Waals surface area contributed by atoms with Gasteiger partial charge >= 0.3 is 0 Å². The topological polar surface area (TPSA) is 44.8 Å². The first-order chi connectivity index (χ1) is 13.5. The molecule has 1 aliphatic rings. The van der Waals surface area contributed by atoms with Gasteiger partial charge in [-0.1, -0.05) is 30.3 Å². The van der Waals surface area contributed by atoms with Crippen LogP contribution in [0.2, 0.25) is 0 Å². The summed E-state index contributed by atoms with van der Waals surface area (Å²) in [4.78, 5) is 17.2. The summed E-state index contributed by atoms with van der Waals surface area (Å²) >= 11 is 0. The van der Waals surface area contributed by atoms with Crippen molar-refractivity contribution in [3.63, 3.8) is 0 Å². The van der Waals surface area contributed by atoms with Crippen molar-refractivity contribution in [2.75, 3.05) is 51.7 Å². The fourth-order valence-electron chi connectivity index (χ4n) is 3.64. The molecule has 1 aliphatic heterocycles. The van der Waals surface area contributed by atoms with E-state index in [2.05, 4.69) is 27.2 Å². The molecule has 0 atom stereocenters. The van der Waals surface area contributed by atoms with Gasteiger partial charge in [-0.3, -0.25) is 9.69 Å². The number of nitrogens with one attached hydrogen (secondary N) is 1. The lowest BCUT2D eigenvalue weighted by atomic mass is 10.1. The maximum absolute atomic E-state index is 12.5. The molecule has 0 unspecified atom stereocenters. The number of para-hydroxylation sites is 1. The van der Waals surface area contributed by atoms with Crippen molar-refractivity contribution in [1.29, 1.82) is 0 Å². The summed E-state index contributed by atoms with van der Waals surface area (Å²) in [5.41, 5.74) is 4.50. The second kappa shape index (κ2) is 9.71. The maximum atomic E-state index is 12.5. The molecule has 1 amide bonds. The van der Waals surface area contributed by atoms with Gasteiger partial charge in [-0.15, -0.1) is 0 Å². The van der Waals surface area contributed by atoms with E-state index >= 15 is 0 Å². The Labute approximate surface area is 168 Å². The van der Waals surface area contributed by atoms with Crippen molar-refractivity contribution in [3.05, 3.63) is 59.2 Å². The molecule has 0 saturated carbocycles. The van der Waals surface area contributed by atoms with E-state index in [-0.39, 0.29) is 5.91 Å². The van der Waals surface area contributed by atoms with Crippen LogP contribution in [0.4, 0.5) is 5.69 Å². The van der Waals surface area contributed by atoms with Crippen molar-refractivity contribution in [3.8, 4) is 5.75 Å². The Balaban J connectivity index is 1.40. The highest BCUT2D eigenvalue weighted by Crippen LogP contribution is 2.19. The summed E-state index contributed by atoms with van der Waals surface area (Å²) in [5, 5.41) is 3.09. The summed E-state index contributed by atoms with van der Waals surface area (Å²) in [6.07, 6.45) is 1.04. The number of piperazine rings is 1. The van der Waals surface area contributed by atoms with Gasteiger partial charge in [0, 0.05) is 38.4 Å². The molecular weight excluding hydrogens is 350 g/mol. The van der Waals surface area contributed by atoms with Crippen molar-refractivity contribution < 1.29 is 9.53 Å². The first-order valence-corrected chi connectivity index (χ1v) is 9.99. The average Bonchev–Trinajstić information content (AvgIpc) is 2.71. The van der Waals surface area contributed by atoms with Crippen LogP contribution in [0.1, 0.15) is 16.7 Å². The zero-order valence-electron chi connectivity index (χ0n) is 17.2. The monoisotopic (exact) mass is 381 g/mol. The van der Waals surface area contributed by atoms with Crippen molar-refractivity contribution in [1.82, 2.24) is 9.80 Å². The smallest absolute Gasteiger partial charge is 0.238 e. The Morgan fingerprint density at radius 2 is 1.57 bits per heavy atom. The number of ether oxygens (including phenoxy) is 1. The van der Waals surface area contributed by atoms with E-state index in [1.807, 2.05) is 44.2 Å². The van der Waals surface area contributed by atoms with E-state index in [0.29, 0.717) is 6.54 Å². The van der Waals surface area contributed by atoms with E-state index < -0.39 is 0 Å². The van der Waals surface area contributed by atoms with Crippen LogP contribution in [0.15, 0.2) is 42.5 Å². The Kier molecular flexibility index (Phi) is 7.06. The second-order valence-electron chi connectivity index (χ2n) is 7.53. The fourth-order valence-corrected chi connectivity index (χ4v) is 3.64. The number of nitrogens with zero attached hydrogens (tertiary/aromatic N) is 2. The number of carbonyl (C=O) groups is 1. The SMILES string of the molecule is COc1ccc(CCN2CCN(CC(=O)Nc3c(C)cccc3C)CC2)cc1. The third-order valence-corrected chi connectivity index (χ3v) is 5.45. The Morgan fingerprint density at radius 3 is 2.18 bits per heavy atom. The van der Waals surface area contributed by atoms with Crippen LogP contribution >= 0.6 is 0 Å². The lowest BCUT2D eigenvalue weighted by molar-refractivity contribution is -0.117. The molecule has 0 spiro atoms. The summed E-state index contributed by atoms with van der Waals surface area (Å²) in [5.74, 6) is 0.973. The van der Waals surface area contributed by atoms with Gasteiger partial charge in [0.15, 0.2) is 0 Å². The minimum Gasteiger partial charge on any atom is -0.497 e. The van der Waals surface area contributed by atoms with Gasteiger partial charge in [-0.05, 0) is 49.1 Å². The van der Waals surface area contributed by atoms with Gasteiger partial charge in [0.05, 0.1) is 13.7 Å². The molecule has 2 aromatic rings. The number of benzene rings is 2. The highest BCUT2D eigenvalue weighted by Gasteiger charge is 2.19. The van der Waals surface area contributed by atoms with Gasteiger partial charge in [0.2, 0.25) is 5.91 Å². The standard InChI is InChI=1S/C23H31N3O2/c1-18-5-4-6-19(2)23(18)24-22(27)17-26-15-13-25(14-16-26)12-11-20-7-9-21(28-3)10-8-20/h4-10H,11-17H2,1-3H3,(H,24,27). The summed E-state index contributed by atoms with van der Waals surface area (Å²) in [7, 11) is 1.69. The molecule has 150 valence electrons. The normalized spacial score (nSPS) is 15.4. The number of rotatable bonds is 7. The van der Waals surface area contributed by atoms with Gasteiger partial charge in [0.25, 0.3) is 0 Å². The van der Waals surface area contributed by atoms with E-state index in [1.165, 1.54) is 5.56 Å². The van der Waals surface area contributed by atoms with Gasteiger partial charge in [0.1, 0.15) is 5.75 Å².